The van der Waals surface area contributed by atoms with Crippen molar-refractivity contribution in [2.75, 3.05) is 37.9 Å². The summed E-state index contributed by atoms with van der Waals surface area (Å²) in [4.78, 5) is 24.5. The number of carbonyl (C=O) groups is 1. The zero-order valence-corrected chi connectivity index (χ0v) is 17.7. The molecule has 0 saturated carbocycles. The van der Waals surface area contributed by atoms with Gasteiger partial charge in [0.05, 0.1) is 5.69 Å². The van der Waals surface area contributed by atoms with Crippen LogP contribution in [0.3, 0.4) is 0 Å². The van der Waals surface area contributed by atoms with Gasteiger partial charge in [0.15, 0.2) is 11.5 Å². The smallest absolute Gasteiger partial charge is 0.274 e. The number of carbonyl (C=O) groups excluding carboxylic acids is 1. The van der Waals surface area contributed by atoms with Crippen molar-refractivity contribution in [1.29, 1.82) is 0 Å². The van der Waals surface area contributed by atoms with Gasteiger partial charge < -0.3 is 19.3 Å². The molecule has 0 atom stereocenters. The van der Waals surface area contributed by atoms with Crippen LogP contribution in [0.25, 0.3) is 17.0 Å². The molecule has 0 aliphatic carbocycles. The number of halogens is 3. The minimum absolute atomic E-state index is 0.213. The fraction of sp³-hybridized carbons (Fsp3) is 0.333. The van der Waals surface area contributed by atoms with Gasteiger partial charge >= 0.3 is 0 Å². The minimum atomic E-state index is -1.95. The summed E-state index contributed by atoms with van der Waals surface area (Å²) in [6, 6.07) is 7.56. The molecule has 2 aliphatic rings. The zero-order valence-electron chi connectivity index (χ0n) is 15.5. The number of ether oxygens (including phenoxy) is 2. The zero-order chi connectivity index (χ0) is 20.9. The number of fused-ring (bicyclic) bond motifs is 2. The number of anilines is 1. The first-order valence-electron chi connectivity index (χ1n) is 9.13. The van der Waals surface area contributed by atoms with E-state index in [4.69, 9.17) is 44.3 Å². The maximum Gasteiger partial charge on any atom is 0.274 e. The lowest BCUT2D eigenvalue weighted by molar-refractivity contribution is -0.130. The van der Waals surface area contributed by atoms with Crippen molar-refractivity contribution >= 4 is 52.4 Å². The third kappa shape index (κ3) is 3.46. The molecule has 9 nitrogen and oxygen atoms in total. The summed E-state index contributed by atoms with van der Waals surface area (Å²) in [5, 5.41) is 4.64. The summed E-state index contributed by atoms with van der Waals surface area (Å²) in [6.07, 6.45) is 1.69. The summed E-state index contributed by atoms with van der Waals surface area (Å²) in [5.74, 6) is 1.87. The minimum Gasteiger partial charge on any atom is -0.454 e. The van der Waals surface area contributed by atoms with Crippen LogP contribution in [0.4, 0.5) is 5.95 Å². The fourth-order valence-electron chi connectivity index (χ4n) is 3.48. The molecule has 1 fully saturated rings. The van der Waals surface area contributed by atoms with Gasteiger partial charge in [-0.15, -0.1) is 5.10 Å². The van der Waals surface area contributed by atoms with Crippen molar-refractivity contribution in [3.05, 3.63) is 30.5 Å². The molecule has 0 bridgehead atoms. The number of hydrogen-bond acceptors (Lipinski definition) is 7. The van der Waals surface area contributed by atoms with Crippen LogP contribution >= 0.6 is 34.8 Å². The SMILES string of the molecule is O=C(N1CCN(c2nc3nccc(-c4ccc5c(c4)OCO5)n3n2)CC1)C(Cl)(Cl)Cl. The van der Waals surface area contributed by atoms with Crippen molar-refractivity contribution in [2.24, 2.45) is 0 Å². The van der Waals surface area contributed by atoms with E-state index in [9.17, 15) is 4.79 Å². The summed E-state index contributed by atoms with van der Waals surface area (Å²) in [5.41, 5.74) is 1.73. The molecule has 4 heterocycles. The first kappa shape index (κ1) is 19.5. The molecule has 1 saturated heterocycles. The van der Waals surface area contributed by atoms with E-state index >= 15 is 0 Å². The van der Waals surface area contributed by atoms with Crippen LogP contribution in [0.5, 0.6) is 11.5 Å². The van der Waals surface area contributed by atoms with E-state index in [2.05, 4.69) is 15.1 Å². The van der Waals surface area contributed by atoms with Gasteiger partial charge in [-0.1, -0.05) is 34.8 Å². The van der Waals surface area contributed by atoms with E-state index < -0.39 is 9.70 Å². The van der Waals surface area contributed by atoms with Gasteiger partial charge in [0.25, 0.3) is 15.5 Å². The summed E-state index contributed by atoms with van der Waals surface area (Å²) in [7, 11) is 0. The van der Waals surface area contributed by atoms with E-state index in [0.29, 0.717) is 49.4 Å². The molecule has 5 rings (SSSR count). The lowest BCUT2D eigenvalue weighted by Crippen LogP contribution is -2.52. The van der Waals surface area contributed by atoms with Crippen LogP contribution in [-0.2, 0) is 4.79 Å². The number of hydrogen-bond donors (Lipinski definition) is 0. The van der Waals surface area contributed by atoms with Crippen molar-refractivity contribution in [1.82, 2.24) is 24.5 Å². The standard InChI is InChI=1S/C18H15Cl3N6O3/c19-18(20,21)15(28)25-5-7-26(8-6-25)17-23-16-22-4-3-12(27(16)24-17)11-1-2-13-14(9-11)30-10-29-13/h1-4,9H,5-8,10H2. The molecule has 0 N–H and O–H groups in total. The third-order valence-electron chi connectivity index (χ3n) is 4.99. The van der Waals surface area contributed by atoms with E-state index in [1.165, 1.54) is 4.90 Å². The molecular weight excluding hydrogens is 455 g/mol. The molecule has 12 heteroatoms. The van der Waals surface area contributed by atoms with Crippen molar-refractivity contribution < 1.29 is 14.3 Å². The second-order valence-corrected chi connectivity index (χ2v) is 9.08. The van der Waals surface area contributed by atoms with Crippen LogP contribution in [0, 0.1) is 0 Å². The van der Waals surface area contributed by atoms with Crippen molar-refractivity contribution in [3.63, 3.8) is 0 Å². The van der Waals surface area contributed by atoms with Crippen LogP contribution in [0.2, 0.25) is 0 Å². The second kappa shape index (κ2) is 7.33. The average Bonchev–Trinajstić information content (AvgIpc) is 3.38. The Balaban J connectivity index is 1.40. The number of rotatable bonds is 2. The van der Waals surface area contributed by atoms with Crippen LogP contribution in [0.15, 0.2) is 30.5 Å². The fourth-order valence-corrected chi connectivity index (χ4v) is 3.84. The van der Waals surface area contributed by atoms with Gasteiger partial charge in [0, 0.05) is 37.9 Å². The molecular formula is C18H15Cl3N6O3. The molecule has 0 radical (unpaired) electrons. The molecule has 0 spiro atoms. The highest BCUT2D eigenvalue weighted by molar-refractivity contribution is 6.76. The van der Waals surface area contributed by atoms with Crippen LogP contribution in [0.1, 0.15) is 0 Å². The highest BCUT2D eigenvalue weighted by Crippen LogP contribution is 2.36. The molecule has 1 aromatic carbocycles. The highest BCUT2D eigenvalue weighted by Gasteiger charge is 2.36. The normalized spacial score (nSPS) is 16.4. The molecule has 2 aromatic heterocycles. The highest BCUT2D eigenvalue weighted by atomic mass is 35.6. The maximum absolute atomic E-state index is 12.1. The summed E-state index contributed by atoms with van der Waals surface area (Å²) >= 11 is 17.1. The number of nitrogens with zero attached hydrogens (tertiary/aromatic N) is 6. The first-order valence-corrected chi connectivity index (χ1v) is 10.3. The number of aromatic nitrogens is 4. The second-order valence-electron chi connectivity index (χ2n) is 6.80. The van der Waals surface area contributed by atoms with E-state index in [1.54, 1.807) is 10.7 Å². The van der Waals surface area contributed by atoms with Crippen molar-refractivity contribution in [3.8, 4) is 22.8 Å². The van der Waals surface area contributed by atoms with E-state index in [0.717, 1.165) is 11.3 Å². The topological polar surface area (TPSA) is 85.1 Å². The summed E-state index contributed by atoms with van der Waals surface area (Å²) in [6.45, 7) is 2.06. The lowest BCUT2D eigenvalue weighted by Gasteiger charge is -2.35. The van der Waals surface area contributed by atoms with Gasteiger partial charge in [0.1, 0.15) is 0 Å². The Morgan fingerprint density at radius 3 is 2.57 bits per heavy atom. The molecule has 2 aliphatic heterocycles. The quantitative estimate of drug-likeness (QED) is 0.533. The Morgan fingerprint density at radius 2 is 1.80 bits per heavy atom. The lowest BCUT2D eigenvalue weighted by atomic mass is 10.1. The summed E-state index contributed by atoms with van der Waals surface area (Å²) < 4.78 is 10.6. The molecule has 156 valence electrons. The molecule has 1 amide bonds. The van der Waals surface area contributed by atoms with Gasteiger partial charge in [-0.3, -0.25) is 4.79 Å². The Labute approximate surface area is 186 Å². The predicted molar refractivity (Wildman–Crippen MR) is 111 cm³/mol. The average molecular weight is 470 g/mol. The number of amides is 1. The predicted octanol–water partition coefficient (Wildman–Crippen LogP) is 2.54. The van der Waals surface area contributed by atoms with Gasteiger partial charge in [-0.25, -0.2) is 4.98 Å². The first-order chi connectivity index (χ1) is 14.4. The maximum atomic E-state index is 12.1. The van der Waals surface area contributed by atoms with E-state index in [-0.39, 0.29) is 6.79 Å². The number of benzene rings is 1. The Bertz CT molecular complexity index is 1120. The third-order valence-corrected chi connectivity index (χ3v) is 5.48. The van der Waals surface area contributed by atoms with E-state index in [1.807, 2.05) is 29.2 Å². The Morgan fingerprint density at radius 1 is 1.03 bits per heavy atom. The number of piperazine rings is 1. The van der Waals surface area contributed by atoms with Crippen LogP contribution < -0.4 is 14.4 Å². The molecule has 3 aromatic rings. The van der Waals surface area contributed by atoms with Gasteiger partial charge in [0.2, 0.25) is 12.7 Å². The Hall–Kier alpha value is -2.49. The largest absolute Gasteiger partial charge is 0.454 e. The molecule has 30 heavy (non-hydrogen) atoms. The van der Waals surface area contributed by atoms with Crippen molar-refractivity contribution in [2.45, 2.75) is 3.79 Å². The Kier molecular flexibility index (Phi) is 4.76. The van der Waals surface area contributed by atoms with Crippen LogP contribution in [-0.4, -0.2) is 67.2 Å². The monoisotopic (exact) mass is 468 g/mol. The van der Waals surface area contributed by atoms with Gasteiger partial charge in [-0.2, -0.15) is 9.50 Å². The molecule has 0 unspecified atom stereocenters. The number of alkyl halides is 3. The van der Waals surface area contributed by atoms with Gasteiger partial charge in [-0.05, 0) is 24.3 Å².